The molecule has 0 bridgehead atoms. The number of ether oxygens (including phenoxy) is 2. The van der Waals surface area contributed by atoms with Gasteiger partial charge in [-0.2, -0.15) is 0 Å². The first-order valence-electron chi connectivity index (χ1n) is 7.27. The van der Waals surface area contributed by atoms with Crippen LogP contribution in [-0.2, 0) is 19.1 Å². The van der Waals surface area contributed by atoms with Crippen LogP contribution in [0.15, 0.2) is 22.8 Å². The van der Waals surface area contributed by atoms with E-state index in [1.807, 2.05) is 6.08 Å². The van der Waals surface area contributed by atoms with Gasteiger partial charge in [0, 0.05) is 0 Å². The van der Waals surface area contributed by atoms with Crippen molar-refractivity contribution < 1.29 is 19.1 Å². The molecule has 1 fully saturated rings. The van der Waals surface area contributed by atoms with Gasteiger partial charge in [-0.25, -0.2) is 0 Å². The molecule has 0 aromatic heterocycles. The second-order valence-electron chi connectivity index (χ2n) is 5.36. The minimum atomic E-state index is -1.17. The first-order chi connectivity index (χ1) is 9.55. The smallest absolute Gasteiger partial charge is 0.324 e. The first kappa shape index (κ1) is 14.8. The molecule has 2 aliphatic rings. The molecular weight excluding hydrogens is 256 g/mol. The summed E-state index contributed by atoms with van der Waals surface area (Å²) in [4.78, 5) is 24.5. The molecule has 0 spiro atoms. The molecule has 0 amide bonds. The lowest BCUT2D eigenvalue weighted by Crippen LogP contribution is -2.40. The van der Waals surface area contributed by atoms with Crippen LogP contribution in [0.25, 0.3) is 0 Å². The summed E-state index contributed by atoms with van der Waals surface area (Å²) in [6.45, 7) is 6.11. The van der Waals surface area contributed by atoms with Crippen molar-refractivity contribution in [1.29, 1.82) is 0 Å². The molecule has 0 aromatic carbocycles. The molecule has 110 valence electrons. The number of esters is 2. The third-order valence-electron chi connectivity index (χ3n) is 4.03. The fourth-order valence-corrected chi connectivity index (χ4v) is 2.65. The van der Waals surface area contributed by atoms with Crippen LogP contribution < -0.4 is 0 Å². The highest BCUT2D eigenvalue weighted by atomic mass is 16.6. The number of carbonyl (C=O) groups is 2. The molecule has 2 rings (SSSR count). The number of carbonyl (C=O) groups excluding carboxylic acids is 2. The zero-order valence-electron chi connectivity index (χ0n) is 12.5. The Morgan fingerprint density at radius 3 is 2.15 bits per heavy atom. The molecule has 0 heterocycles. The van der Waals surface area contributed by atoms with Crippen molar-refractivity contribution in [3.63, 3.8) is 0 Å². The van der Waals surface area contributed by atoms with Crippen molar-refractivity contribution in [3.8, 4) is 0 Å². The Morgan fingerprint density at radius 1 is 1.15 bits per heavy atom. The number of rotatable bonds is 5. The second-order valence-corrected chi connectivity index (χ2v) is 5.36. The number of allylic oxidation sites excluding steroid dienone is 4. The van der Waals surface area contributed by atoms with Crippen molar-refractivity contribution in [1.82, 2.24) is 0 Å². The van der Waals surface area contributed by atoms with Gasteiger partial charge in [0.2, 0.25) is 0 Å². The summed E-state index contributed by atoms with van der Waals surface area (Å²) >= 11 is 0. The fourth-order valence-electron chi connectivity index (χ4n) is 2.65. The normalized spacial score (nSPS) is 19.4. The minimum absolute atomic E-state index is 0.273. The maximum atomic E-state index is 12.3. The van der Waals surface area contributed by atoms with E-state index >= 15 is 0 Å². The van der Waals surface area contributed by atoms with Crippen molar-refractivity contribution in [2.45, 2.75) is 46.5 Å². The van der Waals surface area contributed by atoms with Crippen LogP contribution in [0.5, 0.6) is 0 Å². The summed E-state index contributed by atoms with van der Waals surface area (Å²) < 4.78 is 10.2. The molecule has 0 saturated heterocycles. The van der Waals surface area contributed by atoms with E-state index in [0.29, 0.717) is 12.8 Å². The molecular formula is C16H22O4. The van der Waals surface area contributed by atoms with Crippen LogP contribution in [0.3, 0.4) is 0 Å². The van der Waals surface area contributed by atoms with E-state index in [-0.39, 0.29) is 13.2 Å². The molecule has 4 nitrogen and oxygen atoms in total. The fraction of sp³-hybridized carbons (Fsp3) is 0.625. The van der Waals surface area contributed by atoms with Crippen LogP contribution in [0.2, 0.25) is 0 Å². The van der Waals surface area contributed by atoms with E-state index < -0.39 is 17.4 Å². The van der Waals surface area contributed by atoms with Gasteiger partial charge in [0.1, 0.15) is 0 Å². The third-order valence-corrected chi connectivity index (χ3v) is 4.03. The Morgan fingerprint density at radius 2 is 1.70 bits per heavy atom. The average Bonchev–Trinajstić information content (AvgIpc) is 3.17. The molecule has 0 N–H and O–H groups in total. The van der Waals surface area contributed by atoms with Gasteiger partial charge in [0.05, 0.1) is 13.2 Å². The highest BCUT2D eigenvalue weighted by Gasteiger charge is 2.51. The van der Waals surface area contributed by atoms with Gasteiger partial charge >= 0.3 is 11.9 Å². The van der Waals surface area contributed by atoms with Crippen molar-refractivity contribution in [2.75, 3.05) is 13.2 Å². The second kappa shape index (κ2) is 5.81. The molecule has 1 saturated carbocycles. The van der Waals surface area contributed by atoms with Crippen LogP contribution in [0.4, 0.5) is 0 Å². The lowest BCUT2D eigenvalue weighted by Gasteiger charge is -2.24. The van der Waals surface area contributed by atoms with E-state index in [2.05, 4.69) is 6.92 Å². The zero-order chi connectivity index (χ0) is 14.8. The van der Waals surface area contributed by atoms with Gasteiger partial charge in [0.15, 0.2) is 5.41 Å². The minimum Gasteiger partial charge on any atom is -0.465 e. The molecule has 0 atom stereocenters. The largest absolute Gasteiger partial charge is 0.465 e. The van der Waals surface area contributed by atoms with Crippen LogP contribution in [0, 0.1) is 5.41 Å². The van der Waals surface area contributed by atoms with Crippen molar-refractivity contribution >= 4 is 11.9 Å². The molecule has 0 aromatic rings. The number of hydrogen-bond donors (Lipinski definition) is 0. The van der Waals surface area contributed by atoms with Crippen LogP contribution in [-0.4, -0.2) is 25.2 Å². The quantitative estimate of drug-likeness (QED) is 0.573. The molecule has 2 aliphatic carbocycles. The summed E-state index contributed by atoms with van der Waals surface area (Å²) in [5.41, 5.74) is 2.59. The summed E-state index contributed by atoms with van der Waals surface area (Å²) in [7, 11) is 0. The van der Waals surface area contributed by atoms with Crippen molar-refractivity contribution in [3.05, 3.63) is 22.8 Å². The molecule has 0 radical (unpaired) electrons. The molecule has 0 aliphatic heterocycles. The summed E-state index contributed by atoms with van der Waals surface area (Å²) in [5.74, 6) is -0.920. The average molecular weight is 278 g/mol. The van der Waals surface area contributed by atoms with E-state index in [4.69, 9.17) is 9.47 Å². The summed E-state index contributed by atoms with van der Waals surface area (Å²) in [6.07, 6.45) is 5.04. The molecule has 0 unspecified atom stereocenters. The van der Waals surface area contributed by atoms with E-state index in [9.17, 15) is 9.59 Å². The van der Waals surface area contributed by atoms with Gasteiger partial charge in [-0.15, -0.1) is 0 Å². The Labute approximate surface area is 119 Å². The standard InChI is InChI=1S/C16H22O4/c1-4-19-14(17)16(15(18)20-5-2)9-8-13(10-16)11(3)12-6-7-12/h8H,4-7,9-10H2,1-3H3. The Balaban J connectivity index is 2.21. The Bertz CT molecular complexity index is 461. The van der Waals surface area contributed by atoms with Gasteiger partial charge in [0.25, 0.3) is 0 Å². The zero-order valence-corrected chi connectivity index (χ0v) is 12.5. The van der Waals surface area contributed by atoms with Crippen LogP contribution in [0.1, 0.15) is 46.5 Å². The highest BCUT2D eigenvalue weighted by molar-refractivity contribution is 6.01. The first-order valence-corrected chi connectivity index (χ1v) is 7.27. The maximum Gasteiger partial charge on any atom is 0.324 e. The van der Waals surface area contributed by atoms with Gasteiger partial charge in [-0.3, -0.25) is 9.59 Å². The Hall–Kier alpha value is -1.58. The lowest BCUT2D eigenvalue weighted by molar-refractivity contribution is -0.171. The van der Waals surface area contributed by atoms with Crippen molar-refractivity contribution in [2.24, 2.45) is 5.41 Å². The topological polar surface area (TPSA) is 52.6 Å². The summed E-state index contributed by atoms with van der Waals surface area (Å²) in [6, 6.07) is 0. The monoisotopic (exact) mass is 278 g/mol. The third kappa shape index (κ3) is 2.65. The number of hydrogen-bond acceptors (Lipinski definition) is 4. The van der Waals surface area contributed by atoms with Gasteiger partial charge in [-0.05, 0) is 57.6 Å². The summed E-state index contributed by atoms with van der Waals surface area (Å²) in [5, 5.41) is 0. The predicted molar refractivity (Wildman–Crippen MR) is 75.0 cm³/mol. The highest BCUT2D eigenvalue weighted by Crippen LogP contribution is 2.45. The Kier molecular flexibility index (Phi) is 4.31. The van der Waals surface area contributed by atoms with E-state index in [1.165, 1.54) is 11.1 Å². The molecule has 20 heavy (non-hydrogen) atoms. The van der Waals surface area contributed by atoms with Gasteiger partial charge in [-0.1, -0.05) is 11.6 Å². The van der Waals surface area contributed by atoms with Gasteiger partial charge < -0.3 is 9.47 Å². The van der Waals surface area contributed by atoms with Crippen LogP contribution >= 0.6 is 0 Å². The van der Waals surface area contributed by atoms with E-state index in [0.717, 1.165) is 18.4 Å². The maximum absolute atomic E-state index is 12.3. The lowest BCUT2D eigenvalue weighted by atomic mass is 9.83. The predicted octanol–water partition coefficient (Wildman–Crippen LogP) is 2.93. The SMILES string of the molecule is CCOC(=O)C1(C(=O)OCC)CC=C(C(C)=C2CC2)C1. The van der Waals surface area contributed by atoms with E-state index in [1.54, 1.807) is 13.8 Å². The molecule has 4 heteroatoms.